The number of H-pyrrole nitrogens is 1. The van der Waals surface area contributed by atoms with Crippen LogP contribution in [-0.2, 0) is 6.61 Å². The highest BCUT2D eigenvalue weighted by atomic mass is 16.5. The average molecular weight is 425 g/mol. The fourth-order valence-corrected chi connectivity index (χ4v) is 3.91. The van der Waals surface area contributed by atoms with Gasteiger partial charge in [-0.25, -0.2) is 4.98 Å². The van der Waals surface area contributed by atoms with Gasteiger partial charge in [0, 0.05) is 29.3 Å². The van der Waals surface area contributed by atoms with Gasteiger partial charge in [-0.15, -0.1) is 10.2 Å². The van der Waals surface area contributed by atoms with Gasteiger partial charge in [0.1, 0.15) is 12.4 Å². The average Bonchev–Trinajstić information content (AvgIpc) is 3.37. The number of pyridine rings is 1. The molecule has 0 bridgehead atoms. The molecule has 1 aliphatic carbocycles. The predicted octanol–water partition coefficient (Wildman–Crippen LogP) is 4.79. The second kappa shape index (κ2) is 9.01. The number of para-hydroxylation sites is 1. The Labute approximate surface area is 186 Å². The number of fused-ring (bicyclic) bond motifs is 1. The van der Waals surface area contributed by atoms with Crippen molar-refractivity contribution in [3.05, 3.63) is 89.9 Å². The van der Waals surface area contributed by atoms with Gasteiger partial charge in [0.05, 0.1) is 11.2 Å². The lowest BCUT2D eigenvalue weighted by molar-refractivity contribution is 0.302. The summed E-state index contributed by atoms with van der Waals surface area (Å²) in [7, 11) is 0. The summed E-state index contributed by atoms with van der Waals surface area (Å²) in [4.78, 5) is 4.68. The van der Waals surface area contributed by atoms with Crippen molar-refractivity contribution in [1.82, 2.24) is 25.6 Å². The molecule has 0 fully saturated rings. The van der Waals surface area contributed by atoms with Crippen LogP contribution in [0.2, 0.25) is 0 Å². The fraction of sp³-hybridized carbons (Fsp3) is 0.200. The Morgan fingerprint density at radius 3 is 2.94 bits per heavy atom. The highest BCUT2D eigenvalue weighted by Crippen LogP contribution is 2.27. The Kier molecular flexibility index (Phi) is 5.61. The number of aromatic amines is 1. The zero-order valence-electron chi connectivity index (χ0n) is 17.8. The second-order valence-electron chi connectivity index (χ2n) is 8.01. The van der Waals surface area contributed by atoms with Crippen molar-refractivity contribution in [2.24, 2.45) is 5.92 Å². The minimum atomic E-state index is 0.425. The van der Waals surface area contributed by atoms with Crippen molar-refractivity contribution in [2.75, 3.05) is 11.9 Å². The first-order valence-electron chi connectivity index (χ1n) is 10.7. The fourth-order valence-electron chi connectivity index (χ4n) is 3.91. The Morgan fingerprint density at radius 1 is 1.09 bits per heavy atom. The molecule has 4 aromatic rings. The van der Waals surface area contributed by atoms with Gasteiger partial charge < -0.3 is 10.1 Å². The lowest BCUT2D eigenvalue weighted by Gasteiger charge is -2.18. The van der Waals surface area contributed by atoms with Gasteiger partial charge in [0.2, 0.25) is 5.82 Å². The number of rotatable bonds is 7. The van der Waals surface area contributed by atoms with E-state index in [0.717, 1.165) is 46.6 Å². The van der Waals surface area contributed by atoms with Crippen LogP contribution in [0.25, 0.3) is 16.5 Å². The maximum Gasteiger partial charge on any atom is 0.204 e. The number of aromatic nitrogens is 5. The van der Waals surface area contributed by atoms with Crippen LogP contribution >= 0.6 is 0 Å². The summed E-state index contributed by atoms with van der Waals surface area (Å²) in [5, 5.41) is 19.0. The number of benzene rings is 2. The topological polar surface area (TPSA) is 88.6 Å². The molecule has 2 N–H and O–H groups in total. The molecule has 0 spiro atoms. The third kappa shape index (κ3) is 4.67. The van der Waals surface area contributed by atoms with Crippen LogP contribution in [-0.4, -0.2) is 32.2 Å². The molecule has 1 atom stereocenters. The van der Waals surface area contributed by atoms with E-state index in [1.165, 1.54) is 5.57 Å². The summed E-state index contributed by atoms with van der Waals surface area (Å²) in [6, 6.07) is 20.2. The molecule has 2 aromatic carbocycles. The molecule has 0 amide bonds. The Morgan fingerprint density at radius 2 is 2.03 bits per heavy atom. The van der Waals surface area contributed by atoms with Crippen LogP contribution < -0.4 is 10.1 Å². The van der Waals surface area contributed by atoms with E-state index in [9.17, 15) is 0 Å². The number of hydrogen-bond acceptors (Lipinski definition) is 6. The Hall–Kier alpha value is -4.00. The largest absolute Gasteiger partial charge is 0.487 e. The van der Waals surface area contributed by atoms with E-state index in [1.54, 1.807) is 0 Å². The van der Waals surface area contributed by atoms with Crippen LogP contribution in [0.4, 0.5) is 5.69 Å². The molecule has 1 aliphatic rings. The number of anilines is 1. The molecule has 32 heavy (non-hydrogen) atoms. The number of tetrazole rings is 1. The van der Waals surface area contributed by atoms with Crippen molar-refractivity contribution >= 4 is 22.2 Å². The minimum Gasteiger partial charge on any atom is -0.487 e. The van der Waals surface area contributed by atoms with Gasteiger partial charge in [-0.1, -0.05) is 49.4 Å². The lowest BCUT2D eigenvalue weighted by atomic mass is 9.91. The smallest absolute Gasteiger partial charge is 0.204 e. The first kappa shape index (κ1) is 19.9. The summed E-state index contributed by atoms with van der Waals surface area (Å²) >= 11 is 0. The first-order chi connectivity index (χ1) is 15.7. The van der Waals surface area contributed by atoms with E-state index in [2.05, 4.69) is 62.1 Å². The van der Waals surface area contributed by atoms with Gasteiger partial charge in [-0.2, -0.15) is 5.21 Å². The molecule has 2 aromatic heterocycles. The van der Waals surface area contributed by atoms with Crippen molar-refractivity contribution in [3.8, 4) is 5.75 Å². The third-order valence-corrected chi connectivity index (χ3v) is 5.41. The van der Waals surface area contributed by atoms with Crippen LogP contribution in [0, 0.1) is 5.92 Å². The van der Waals surface area contributed by atoms with Crippen molar-refractivity contribution < 1.29 is 4.74 Å². The van der Waals surface area contributed by atoms with E-state index >= 15 is 0 Å². The maximum absolute atomic E-state index is 6.00. The monoisotopic (exact) mass is 424 g/mol. The summed E-state index contributed by atoms with van der Waals surface area (Å²) in [6.07, 6.45) is 5.32. The highest BCUT2D eigenvalue weighted by molar-refractivity contribution is 5.78. The van der Waals surface area contributed by atoms with E-state index < -0.39 is 0 Å². The number of nitrogens with one attached hydrogen (secondary N) is 2. The molecular weight excluding hydrogens is 400 g/mol. The summed E-state index contributed by atoms with van der Waals surface area (Å²) < 4.78 is 6.00. The van der Waals surface area contributed by atoms with E-state index in [0.29, 0.717) is 18.3 Å². The second-order valence-corrected chi connectivity index (χ2v) is 8.01. The highest BCUT2D eigenvalue weighted by Gasteiger charge is 2.15. The van der Waals surface area contributed by atoms with Crippen LogP contribution in [0.15, 0.2) is 78.4 Å². The van der Waals surface area contributed by atoms with Gasteiger partial charge in [0.15, 0.2) is 0 Å². The Balaban J connectivity index is 1.22. The summed E-state index contributed by atoms with van der Waals surface area (Å²) in [6.45, 7) is 3.37. The van der Waals surface area contributed by atoms with Gasteiger partial charge in [-0.05, 0) is 47.4 Å². The zero-order chi connectivity index (χ0) is 21.8. The molecule has 160 valence electrons. The number of ether oxygens (including phenoxy) is 1. The minimum absolute atomic E-state index is 0.425. The van der Waals surface area contributed by atoms with Gasteiger partial charge >= 0.3 is 0 Å². The van der Waals surface area contributed by atoms with Crippen LogP contribution in [0.3, 0.4) is 0 Å². The normalized spacial score (nSPS) is 15.8. The molecule has 5 rings (SSSR count). The van der Waals surface area contributed by atoms with E-state index in [4.69, 9.17) is 4.74 Å². The standard InChI is InChI=1S/C25H24N6O/c1-17-11-18(13-20(12-17)25-28-30-31-29-25)15-26-21-6-4-7-23(14-21)32-16-22-10-9-19-5-2-3-8-24(19)27-22/h2-10,12-14,17,26H,11,15-16H2,1H3,(H,28,29,30,31). The zero-order valence-corrected chi connectivity index (χ0v) is 17.8. The Bertz CT molecular complexity index is 1280. The first-order valence-corrected chi connectivity index (χ1v) is 10.7. The number of nitrogens with zero attached hydrogens (tertiary/aromatic N) is 4. The number of hydrogen-bond donors (Lipinski definition) is 2. The molecule has 1 unspecified atom stereocenters. The quantitative estimate of drug-likeness (QED) is 0.443. The van der Waals surface area contributed by atoms with Crippen molar-refractivity contribution in [1.29, 1.82) is 0 Å². The van der Waals surface area contributed by atoms with Crippen molar-refractivity contribution in [2.45, 2.75) is 20.0 Å². The maximum atomic E-state index is 6.00. The van der Waals surface area contributed by atoms with Gasteiger partial charge in [-0.3, -0.25) is 0 Å². The van der Waals surface area contributed by atoms with Gasteiger partial charge in [0.25, 0.3) is 0 Å². The van der Waals surface area contributed by atoms with E-state index in [-0.39, 0.29) is 0 Å². The summed E-state index contributed by atoms with van der Waals surface area (Å²) in [5.74, 6) is 1.87. The van der Waals surface area contributed by atoms with Crippen molar-refractivity contribution in [3.63, 3.8) is 0 Å². The SMILES string of the molecule is CC1C=C(c2nn[nH]n2)C=C(CNc2cccc(OCc3ccc4ccccc4n3)c2)C1. The van der Waals surface area contributed by atoms with Crippen LogP contribution in [0.1, 0.15) is 24.9 Å². The lowest BCUT2D eigenvalue weighted by Crippen LogP contribution is -2.11. The molecule has 7 nitrogen and oxygen atoms in total. The summed E-state index contributed by atoms with van der Waals surface area (Å²) in [5.41, 5.74) is 5.20. The molecule has 7 heteroatoms. The molecular formula is C25H24N6O. The molecule has 0 saturated carbocycles. The van der Waals surface area contributed by atoms with Crippen LogP contribution in [0.5, 0.6) is 5.75 Å². The molecule has 0 radical (unpaired) electrons. The molecule has 0 aliphatic heterocycles. The third-order valence-electron chi connectivity index (χ3n) is 5.41. The number of allylic oxidation sites excluding steroid dienone is 3. The van der Waals surface area contributed by atoms with E-state index in [1.807, 2.05) is 48.5 Å². The molecule has 2 heterocycles. The molecule has 0 saturated heterocycles. The predicted molar refractivity (Wildman–Crippen MR) is 125 cm³/mol.